The summed E-state index contributed by atoms with van der Waals surface area (Å²) in [5, 5.41) is 18.0. The van der Waals surface area contributed by atoms with Crippen molar-refractivity contribution in [1.29, 1.82) is 0 Å². The highest BCUT2D eigenvalue weighted by Gasteiger charge is 2.10. The van der Waals surface area contributed by atoms with E-state index in [0.29, 0.717) is 28.3 Å². The highest BCUT2D eigenvalue weighted by Crippen LogP contribution is 2.20. The van der Waals surface area contributed by atoms with Crippen LogP contribution in [0, 0.1) is 0 Å². The number of primary sulfonamides is 1. The maximum Gasteiger partial charge on any atom is 0.238 e. The largest absolute Gasteiger partial charge is 0.493 e. The van der Waals surface area contributed by atoms with Gasteiger partial charge in [0.05, 0.1) is 17.2 Å². The molecule has 0 saturated heterocycles. The lowest BCUT2D eigenvalue weighted by Crippen LogP contribution is -2.11. The van der Waals surface area contributed by atoms with Crippen LogP contribution in [0.4, 0.5) is 0 Å². The molecule has 0 bridgehead atoms. The fourth-order valence-corrected chi connectivity index (χ4v) is 3.38. The van der Waals surface area contributed by atoms with Crippen molar-refractivity contribution in [1.82, 2.24) is 20.2 Å². The molecule has 0 aliphatic carbocycles. The summed E-state index contributed by atoms with van der Waals surface area (Å²) in [6.45, 7) is 0.396. The van der Waals surface area contributed by atoms with Crippen LogP contribution in [0.3, 0.4) is 0 Å². The molecule has 0 aliphatic heterocycles. The van der Waals surface area contributed by atoms with E-state index >= 15 is 0 Å². The quantitative estimate of drug-likeness (QED) is 0.468. The van der Waals surface area contributed by atoms with Gasteiger partial charge in [-0.3, -0.25) is 0 Å². The Labute approximate surface area is 159 Å². The number of nitrogens with zero attached hydrogens (tertiary/aromatic N) is 4. The summed E-state index contributed by atoms with van der Waals surface area (Å²) in [5.74, 6) is 1.15. The Bertz CT molecular complexity index is 975. The van der Waals surface area contributed by atoms with Crippen LogP contribution in [0.1, 0.15) is 0 Å². The predicted octanol–water partition coefficient (Wildman–Crippen LogP) is 2.13. The fourth-order valence-electron chi connectivity index (χ4n) is 2.03. The molecule has 26 heavy (non-hydrogen) atoms. The Balaban J connectivity index is 1.55. The monoisotopic (exact) mass is 411 g/mol. The highest BCUT2D eigenvalue weighted by molar-refractivity contribution is 7.99. The van der Waals surface area contributed by atoms with E-state index in [9.17, 15) is 8.42 Å². The van der Waals surface area contributed by atoms with Gasteiger partial charge in [-0.25, -0.2) is 13.6 Å². The van der Waals surface area contributed by atoms with Gasteiger partial charge in [0.25, 0.3) is 0 Å². The first-order valence-corrected chi connectivity index (χ1v) is 10.3. The number of halogens is 1. The first-order valence-electron chi connectivity index (χ1n) is 7.36. The maximum absolute atomic E-state index is 11.2. The Morgan fingerprint density at radius 2 is 1.81 bits per heavy atom. The molecule has 3 aromatic rings. The standard InChI is InChI=1S/C15H14ClN5O3S2/c16-11-1-3-12(4-2-11)21-15(18-19-20-21)25-10-9-24-13-5-7-14(8-6-13)26(17,22)23/h1-8H,9-10H2,(H2,17,22,23). The molecule has 0 radical (unpaired) electrons. The molecule has 0 spiro atoms. The topological polar surface area (TPSA) is 113 Å². The van der Waals surface area contributed by atoms with Crippen molar-refractivity contribution in [3.05, 3.63) is 53.6 Å². The number of nitrogens with two attached hydrogens (primary N) is 1. The van der Waals surface area contributed by atoms with E-state index in [1.807, 2.05) is 12.1 Å². The average Bonchev–Trinajstić information content (AvgIpc) is 3.07. The molecule has 0 saturated carbocycles. The number of aromatic nitrogens is 4. The van der Waals surface area contributed by atoms with Gasteiger partial charge in [0.1, 0.15) is 5.75 Å². The molecule has 0 atom stereocenters. The molecule has 1 aromatic heterocycles. The highest BCUT2D eigenvalue weighted by atomic mass is 35.5. The van der Waals surface area contributed by atoms with Crippen molar-refractivity contribution in [2.45, 2.75) is 10.1 Å². The average molecular weight is 412 g/mol. The Hall–Kier alpha value is -2.14. The smallest absolute Gasteiger partial charge is 0.238 e. The van der Waals surface area contributed by atoms with Crippen LogP contribution >= 0.6 is 23.4 Å². The van der Waals surface area contributed by atoms with Crippen molar-refractivity contribution in [3.8, 4) is 11.4 Å². The third kappa shape index (κ3) is 4.73. The summed E-state index contributed by atoms with van der Waals surface area (Å²) in [4.78, 5) is 0.0429. The predicted molar refractivity (Wildman–Crippen MR) is 98.2 cm³/mol. The van der Waals surface area contributed by atoms with Crippen molar-refractivity contribution >= 4 is 33.4 Å². The molecule has 1 heterocycles. The summed E-state index contributed by atoms with van der Waals surface area (Å²) >= 11 is 7.32. The van der Waals surface area contributed by atoms with Crippen molar-refractivity contribution in [2.24, 2.45) is 5.14 Å². The zero-order valence-electron chi connectivity index (χ0n) is 13.3. The van der Waals surface area contributed by atoms with Crippen molar-refractivity contribution in [2.75, 3.05) is 12.4 Å². The first kappa shape index (κ1) is 18.6. The van der Waals surface area contributed by atoms with Gasteiger partial charge in [-0.05, 0) is 59.0 Å². The van der Waals surface area contributed by atoms with Gasteiger partial charge in [-0.2, -0.15) is 4.68 Å². The van der Waals surface area contributed by atoms with Gasteiger partial charge in [-0.15, -0.1) is 5.10 Å². The van der Waals surface area contributed by atoms with E-state index in [1.165, 1.54) is 23.9 Å². The van der Waals surface area contributed by atoms with Crippen LogP contribution in [-0.4, -0.2) is 41.0 Å². The first-order chi connectivity index (χ1) is 12.4. The minimum Gasteiger partial charge on any atom is -0.493 e. The van der Waals surface area contributed by atoms with Gasteiger partial charge >= 0.3 is 0 Å². The molecule has 0 aliphatic rings. The summed E-state index contributed by atoms with van der Waals surface area (Å²) in [5.41, 5.74) is 0.807. The minimum absolute atomic E-state index is 0.0429. The number of tetrazole rings is 1. The number of hydrogen-bond acceptors (Lipinski definition) is 7. The number of hydrogen-bond donors (Lipinski definition) is 1. The van der Waals surface area contributed by atoms with Gasteiger partial charge in [0, 0.05) is 10.8 Å². The van der Waals surface area contributed by atoms with Crippen molar-refractivity contribution in [3.63, 3.8) is 0 Å². The third-order valence-corrected chi connectivity index (χ3v) is 5.31. The lowest BCUT2D eigenvalue weighted by molar-refractivity contribution is 0.343. The normalized spacial score (nSPS) is 11.5. The van der Waals surface area contributed by atoms with Gasteiger partial charge in [0.2, 0.25) is 15.2 Å². The third-order valence-electron chi connectivity index (χ3n) is 3.25. The summed E-state index contributed by atoms with van der Waals surface area (Å²) in [7, 11) is -3.70. The second-order valence-electron chi connectivity index (χ2n) is 5.06. The molecule has 2 aromatic carbocycles. The second-order valence-corrected chi connectivity index (χ2v) is 8.12. The Morgan fingerprint density at radius 1 is 1.12 bits per heavy atom. The van der Waals surface area contributed by atoms with Crippen LogP contribution in [0.2, 0.25) is 5.02 Å². The molecule has 2 N–H and O–H groups in total. The fraction of sp³-hybridized carbons (Fsp3) is 0.133. The van der Waals surface area contributed by atoms with Crippen molar-refractivity contribution < 1.29 is 13.2 Å². The molecular weight excluding hydrogens is 398 g/mol. The van der Waals surface area contributed by atoms with Gasteiger partial charge in [0.15, 0.2) is 0 Å². The molecule has 0 amide bonds. The molecular formula is C15H14ClN5O3S2. The minimum atomic E-state index is -3.70. The van der Waals surface area contributed by atoms with E-state index < -0.39 is 10.0 Å². The summed E-state index contributed by atoms with van der Waals surface area (Å²) < 4.78 is 29.6. The molecule has 0 unspecified atom stereocenters. The number of benzene rings is 2. The molecule has 0 fully saturated rings. The van der Waals surface area contributed by atoms with E-state index in [4.69, 9.17) is 21.5 Å². The Morgan fingerprint density at radius 3 is 2.46 bits per heavy atom. The number of sulfonamides is 1. The summed E-state index contributed by atoms with van der Waals surface area (Å²) in [6.07, 6.45) is 0. The zero-order chi connectivity index (χ0) is 18.6. The molecule has 3 rings (SSSR count). The maximum atomic E-state index is 11.2. The van der Waals surface area contributed by atoms with E-state index in [-0.39, 0.29) is 4.90 Å². The summed E-state index contributed by atoms with van der Waals surface area (Å²) in [6, 6.07) is 13.1. The second kappa shape index (κ2) is 8.04. The van der Waals surface area contributed by atoms with Crippen LogP contribution in [0.5, 0.6) is 5.75 Å². The molecule has 8 nitrogen and oxygen atoms in total. The lowest BCUT2D eigenvalue weighted by atomic mass is 10.3. The number of thioether (sulfide) groups is 1. The Kier molecular flexibility index (Phi) is 5.77. The number of ether oxygens (including phenoxy) is 1. The van der Waals surface area contributed by atoms with Crippen LogP contribution in [0.25, 0.3) is 5.69 Å². The van der Waals surface area contributed by atoms with E-state index in [2.05, 4.69) is 15.5 Å². The van der Waals surface area contributed by atoms with Crippen LogP contribution in [-0.2, 0) is 10.0 Å². The van der Waals surface area contributed by atoms with Gasteiger partial charge < -0.3 is 4.74 Å². The van der Waals surface area contributed by atoms with E-state index in [0.717, 1.165) is 5.69 Å². The molecule has 136 valence electrons. The SMILES string of the molecule is NS(=O)(=O)c1ccc(OCCSc2nnnn2-c2ccc(Cl)cc2)cc1. The number of rotatable bonds is 7. The lowest BCUT2D eigenvalue weighted by Gasteiger charge is -2.07. The van der Waals surface area contributed by atoms with E-state index in [1.54, 1.807) is 28.9 Å². The van der Waals surface area contributed by atoms with Gasteiger partial charge in [-0.1, -0.05) is 23.4 Å². The zero-order valence-corrected chi connectivity index (χ0v) is 15.7. The molecule has 11 heteroatoms. The van der Waals surface area contributed by atoms with Crippen LogP contribution < -0.4 is 9.88 Å². The van der Waals surface area contributed by atoms with Crippen LogP contribution in [0.15, 0.2) is 58.6 Å².